The van der Waals surface area contributed by atoms with E-state index >= 15 is 0 Å². The third-order valence-corrected chi connectivity index (χ3v) is 8.64. The van der Waals surface area contributed by atoms with Crippen LogP contribution in [0, 0.1) is 34.5 Å². The molecule has 25 heavy (non-hydrogen) atoms. The minimum Gasteiger partial charge on any atom is -0.463 e. The maximum absolute atomic E-state index is 11.5. The van der Waals surface area contributed by atoms with Crippen LogP contribution in [0.5, 0.6) is 0 Å². The lowest BCUT2D eigenvalue weighted by atomic mass is 9.48. The van der Waals surface area contributed by atoms with Gasteiger partial charge in [0.05, 0.1) is 0 Å². The molecule has 0 spiro atoms. The number of carbonyl (C=O) groups is 1. The lowest BCUT2D eigenvalue weighted by molar-refractivity contribution is -0.152. The number of hydrogen-bond acceptors (Lipinski definition) is 2. The van der Waals surface area contributed by atoms with E-state index in [1.165, 1.54) is 44.9 Å². The van der Waals surface area contributed by atoms with E-state index in [1.54, 1.807) is 12.5 Å². The summed E-state index contributed by atoms with van der Waals surface area (Å²) >= 11 is 0. The van der Waals surface area contributed by atoms with Gasteiger partial charge in [0.2, 0.25) is 0 Å². The van der Waals surface area contributed by atoms with Gasteiger partial charge < -0.3 is 4.74 Å². The Morgan fingerprint density at radius 1 is 1.20 bits per heavy atom. The summed E-state index contributed by atoms with van der Waals surface area (Å²) < 4.78 is 5.63. The van der Waals surface area contributed by atoms with E-state index in [0.29, 0.717) is 16.7 Å². The molecule has 4 rings (SSSR count). The minimum absolute atomic E-state index is 0.0620. The lowest BCUT2D eigenvalue weighted by Gasteiger charge is -2.57. The molecule has 0 saturated heterocycles. The molecule has 138 valence electrons. The topological polar surface area (TPSA) is 26.3 Å². The summed E-state index contributed by atoms with van der Waals surface area (Å²) in [5.74, 6) is 2.88. The van der Waals surface area contributed by atoms with Crippen molar-refractivity contribution in [2.24, 2.45) is 34.5 Å². The monoisotopic (exact) mass is 342 g/mol. The van der Waals surface area contributed by atoms with E-state index in [9.17, 15) is 4.79 Å². The molecule has 4 aliphatic carbocycles. The average Bonchev–Trinajstić information content (AvgIpc) is 2.91. The second-order valence-electron chi connectivity index (χ2n) is 9.67. The van der Waals surface area contributed by atoms with Crippen LogP contribution in [-0.2, 0) is 9.53 Å². The van der Waals surface area contributed by atoms with Gasteiger partial charge in [-0.3, -0.25) is 4.79 Å². The van der Waals surface area contributed by atoms with E-state index in [2.05, 4.69) is 39.0 Å². The fourth-order valence-electron chi connectivity index (χ4n) is 7.45. The maximum Gasteiger partial charge on any atom is 0.302 e. The molecule has 2 saturated carbocycles. The van der Waals surface area contributed by atoms with Crippen LogP contribution in [0.4, 0.5) is 0 Å². The molecule has 0 bridgehead atoms. The van der Waals surface area contributed by atoms with Crippen molar-refractivity contribution < 1.29 is 9.53 Å². The van der Waals surface area contributed by atoms with Gasteiger partial charge >= 0.3 is 5.97 Å². The van der Waals surface area contributed by atoms with Gasteiger partial charge in [0.25, 0.3) is 0 Å². The van der Waals surface area contributed by atoms with Crippen molar-refractivity contribution >= 4 is 5.97 Å². The van der Waals surface area contributed by atoms with E-state index < -0.39 is 0 Å². The Balaban J connectivity index is 1.61. The second kappa shape index (κ2) is 5.99. The minimum atomic E-state index is -0.125. The van der Waals surface area contributed by atoms with Crippen LogP contribution < -0.4 is 0 Å². The Hall–Kier alpha value is -1.05. The van der Waals surface area contributed by atoms with E-state index in [1.807, 2.05) is 0 Å². The SMILES string of the molecule is CC(=O)O[C@@H](C)[C@H]1CCC2C3CC=C4C=CCC[C@]4(C)C3CC[C@@]21C. The molecule has 0 heterocycles. The number of allylic oxidation sites excluding steroid dienone is 4. The van der Waals surface area contributed by atoms with Crippen molar-refractivity contribution in [2.45, 2.75) is 78.7 Å². The van der Waals surface area contributed by atoms with Crippen LogP contribution in [0.1, 0.15) is 72.6 Å². The smallest absolute Gasteiger partial charge is 0.302 e. The van der Waals surface area contributed by atoms with E-state index in [-0.39, 0.29) is 12.1 Å². The van der Waals surface area contributed by atoms with Crippen molar-refractivity contribution in [3.8, 4) is 0 Å². The molecule has 0 N–H and O–H groups in total. The molecule has 4 aliphatic rings. The summed E-state index contributed by atoms with van der Waals surface area (Å²) in [6.07, 6.45) is 16.4. The normalized spacial score (nSPS) is 46.5. The standard InChI is InChI=1S/C23H34O2/c1-15(25-16(2)24)19-10-11-20-18-9-8-17-7-5-6-13-22(17,3)21(18)12-14-23(19,20)4/h5,7-8,15,18-21H,6,9-14H2,1-4H3/t15-,18?,19+,20?,21?,22-,23+/m0/s1. The molecule has 0 amide bonds. The van der Waals surface area contributed by atoms with Crippen molar-refractivity contribution in [2.75, 3.05) is 0 Å². The molecule has 0 aliphatic heterocycles. The largest absolute Gasteiger partial charge is 0.463 e. The van der Waals surface area contributed by atoms with Crippen LogP contribution in [0.2, 0.25) is 0 Å². The number of fused-ring (bicyclic) bond motifs is 5. The fourth-order valence-corrected chi connectivity index (χ4v) is 7.45. The summed E-state index contributed by atoms with van der Waals surface area (Å²) in [6, 6.07) is 0. The third kappa shape index (κ3) is 2.54. The number of ether oxygens (including phenoxy) is 1. The predicted molar refractivity (Wildman–Crippen MR) is 101 cm³/mol. The molecule has 7 atom stereocenters. The van der Waals surface area contributed by atoms with Gasteiger partial charge in [-0.15, -0.1) is 0 Å². The molecule has 2 fully saturated rings. The quantitative estimate of drug-likeness (QED) is 0.603. The van der Waals surface area contributed by atoms with Crippen LogP contribution in [0.25, 0.3) is 0 Å². The van der Waals surface area contributed by atoms with Crippen molar-refractivity contribution in [1.82, 2.24) is 0 Å². The molecule has 0 aromatic rings. The Bertz CT molecular complexity index is 618. The molecule has 0 aromatic carbocycles. The Labute approximate surface area is 153 Å². The predicted octanol–water partition coefficient (Wildman–Crippen LogP) is 5.68. The molecule has 2 heteroatoms. The average molecular weight is 343 g/mol. The van der Waals surface area contributed by atoms with Crippen molar-refractivity contribution in [3.05, 3.63) is 23.8 Å². The maximum atomic E-state index is 11.5. The summed E-state index contributed by atoms with van der Waals surface area (Å²) in [5, 5.41) is 0. The van der Waals surface area contributed by atoms with E-state index in [0.717, 1.165) is 17.8 Å². The van der Waals surface area contributed by atoms with Gasteiger partial charge in [0.1, 0.15) is 6.10 Å². The highest BCUT2D eigenvalue weighted by atomic mass is 16.5. The number of hydrogen-bond donors (Lipinski definition) is 0. The highest BCUT2D eigenvalue weighted by Gasteiger charge is 2.59. The lowest BCUT2D eigenvalue weighted by Crippen LogP contribution is -2.50. The first kappa shape index (κ1) is 17.4. The highest BCUT2D eigenvalue weighted by molar-refractivity contribution is 5.66. The van der Waals surface area contributed by atoms with Gasteiger partial charge in [-0.2, -0.15) is 0 Å². The van der Waals surface area contributed by atoms with Gasteiger partial charge in [0.15, 0.2) is 0 Å². The summed E-state index contributed by atoms with van der Waals surface area (Å²) in [5.41, 5.74) is 2.37. The number of rotatable bonds is 2. The summed E-state index contributed by atoms with van der Waals surface area (Å²) in [7, 11) is 0. The summed E-state index contributed by atoms with van der Waals surface area (Å²) in [4.78, 5) is 11.5. The Kier molecular flexibility index (Phi) is 4.16. The van der Waals surface area contributed by atoms with Crippen molar-refractivity contribution in [1.29, 1.82) is 0 Å². The highest BCUT2D eigenvalue weighted by Crippen LogP contribution is 2.66. The van der Waals surface area contributed by atoms with Gasteiger partial charge in [-0.1, -0.05) is 32.1 Å². The third-order valence-electron chi connectivity index (χ3n) is 8.64. The van der Waals surface area contributed by atoms with Gasteiger partial charge in [-0.25, -0.2) is 0 Å². The van der Waals surface area contributed by atoms with Crippen LogP contribution in [-0.4, -0.2) is 12.1 Å². The molecular formula is C23H34O2. The molecule has 0 radical (unpaired) electrons. The van der Waals surface area contributed by atoms with Crippen LogP contribution >= 0.6 is 0 Å². The molecular weight excluding hydrogens is 308 g/mol. The Morgan fingerprint density at radius 3 is 2.76 bits per heavy atom. The van der Waals surface area contributed by atoms with Crippen LogP contribution in [0.3, 0.4) is 0 Å². The van der Waals surface area contributed by atoms with Crippen LogP contribution in [0.15, 0.2) is 23.8 Å². The summed E-state index contributed by atoms with van der Waals surface area (Å²) in [6.45, 7) is 8.72. The fraction of sp³-hybridized carbons (Fsp3) is 0.783. The zero-order valence-corrected chi connectivity index (χ0v) is 16.4. The van der Waals surface area contributed by atoms with Gasteiger partial charge in [-0.05, 0) is 86.0 Å². The zero-order chi connectivity index (χ0) is 17.8. The van der Waals surface area contributed by atoms with Gasteiger partial charge in [0, 0.05) is 12.8 Å². The zero-order valence-electron chi connectivity index (χ0n) is 16.4. The molecule has 3 unspecified atom stereocenters. The first-order valence-corrected chi connectivity index (χ1v) is 10.4. The van der Waals surface area contributed by atoms with E-state index in [4.69, 9.17) is 4.74 Å². The number of esters is 1. The second-order valence-corrected chi connectivity index (χ2v) is 9.67. The molecule has 2 nitrogen and oxygen atoms in total. The molecule has 0 aromatic heterocycles. The Morgan fingerprint density at radius 2 is 2.00 bits per heavy atom. The first-order chi connectivity index (χ1) is 11.9. The number of carbonyl (C=O) groups excluding carboxylic acids is 1. The van der Waals surface area contributed by atoms with Crippen molar-refractivity contribution in [3.63, 3.8) is 0 Å². The first-order valence-electron chi connectivity index (χ1n) is 10.4.